The van der Waals surface area contributed by atoms with Gasteiger partial charge in [-0.25, -0.2) is 0 Å². The lowest BCUT2D eigenvalue weighted by molar-refractivity contribution is -0.188. The van der Waals surface area contributed by atoms with Crippen LogP contribution < -0.4 is 11.5 Å². The van der Waals surface area contributed by atoms with Gasteiger partial charge < -0.3 is 21.3 Å². The number of carbonyl (C=O) groups excluding carboxylic acids is 3. The Kier molecular flexibility index (Phi) is 12.8. The van der Waals surface area contributed by atoms with E-state index in [-0.39, 0.29) is 108 Å². The standard InChI is InChI=1S/C31H49NO3.C30H47NO3.ClH/c1-26(2)22-9-12-31(7)24(29(22,5)11-10-23(26)32)21(33)17-19-20-18-28(4,25(34)35-8)14-13-27(20,3)15-16-30(19,31)6;1-25(2)21-8-11-30(7)23(28(21,5)10-9-22(25)31)20(32)16-18-19-17-27(4,24(33)34)13-12-26(19,3)14-15-29(18,30)6;/h17,20,22-24H,9-16,18,32H2,1-8H3;16,19,21-23H,8-15,17,31H2,1-7H3,(H,33,34);1H/t20-,22+,23?,24-,27-,28+,29+,30-,31-;19-,21+,22?,23-,26-,27+,28+,29-,30-;/m11./s1. The zero-order chi connectivity index (χ0) is 50.9. The molecule has 0 aromatic heterocycles. The van der Waals surface area contributed by atoms with E-state index in [0.717, 1.165) is 103 Å². The minimum Gasteiger partial charge on any atom is -0.481 e. The molecule has 8 fully saturated rings. The number of carboxylic acid groups (broad SMARTS) is 1. The van der Waals surface area contributed by atoms with Gasteiger partial charge in [-0.15, -0.1) is 12.4 Å². The molecule has 0 heterocycles. The number of allylic oxidation sites excluding steroid dienone is 4. The number of ketones is 2. The summed E-state index contributed by atoms with van der Waals surface area (Å²) in [6.07, 6.45) is 22.3. The second kappa shape index (κ2) is 16.5. The molecule has 10 aliphatic carbocycles. The zero-order valence-electron chi connectivity index (χ0n) is 46.6. The predicted octanol–water partition coefficient (Wildman–Crippen LogP) is 13.3. The number of hydrogen-bond donors (Lipinski definition) is 3. The van der Waals surface area contributed by atoms with Gasteiger partial charge in [-0.1, -0.05) is 94.2 Å². The molecule has 0 radical (unpaired) electrons. The van der Waals surface area contributed by atoms with Gasteiger partial charge >= 0.3 is 11.9 Å². The molecule has 0 bridgehead atoms. The molecule has 8 saturated carbocycles. The smallest absolute Gasteiger partial charge is 0.311 e. The van der Waals surface area contributed by atoms with Crippen LogP contribution in [0.3, 0.4) is 0 Å². The van der Waals surface area contributed by atoms with E-state index >= 15 is 0 Å². The van der Waals surface area contributed by atoms with Crippen molar-refractivity contribution in [1.29, 1.82) is 0 Å². The lowest BCUT2D eigenvalue weighted by Crippen LogP contribution is -2.67. The summed E-state index contributed by atoms with van der Waals surface area (Å²) in [5.74, 6) is 1.37. The SMILES string of the molecule is CC1(C)C(N)CC[C@]2(C)[C@H]3C(=O)C=C4[C@H]5C[C@@](C)(C(=O)O)CC[C@]5(C)CC[C@@]4(C)[C@]3(C)CC[C@@H]12.COC(=O)[C@@]1(C)CC[C@]2(C)CC[C@]3(C)C(=CC(=O)[C@@H]4[C@@]5(C)CCC(N)C(C)(C)[C@@H]5CC[C@]43C)[C@H]2C1.Cl. The number of carbonyl (C=O) groups is 4. The van der Waals surface area contributed by atoms with Gasteiger partial charge in [-0.3, -0.25) is 19.2 Å². The highest BCUT2D eigenvalue weighted by Crippen LogP contribution is 2.77. The number of ether oxygens (including phenoxy) is 1. The summed E-state index contributed by atoms with van der Waals surface area (Å²) < 4.78 is 5.26. The Balaban J connectivity index is 0.000000186. The number of fused-ring (bicyclic) bond motifs is 14. The molecule has 70 heavy (non-hydrogen) atoms. The molecular weight excluding hydrogens is 892 g/mol. The summed E-state index contributed by atoms with van der Waals surface area (Å²) in [6, 6.07) is 0.403. The Labute approximate surface area is 430 Å². The average Bonchev–Trinajstić information content (AvgIpc) is 3.26. The number of hydrogen-bond acceptors (Lipinski definition) is 7. The van der Waals surface area contributed by atoms with Gasteiger partial charge in [0.2, 0.25) is 0 Å². The van der Waals surface area contributed by atoms with Crippen LogP contribution in [0.25, 0.3) is 0 Å². The molecule has 18 atom stereocenters. The van der Waals surface area contributed by atoms with Gasteiger partial charge in [0.1, 0.15) is 0 Å². The quantitative estimate of drug-likeness (QED) is 0.232. The molecule has 5 N–H and O–H groups in total. The van der Waals surface area contributed by atoms with Crippen LogP contribution in [0.15, 0.2) is 23.3 Å². The Morgan fingerprint density at radius 3 is 1.26 bits per heavy atom. The van der Waals surface area contributed by atoms with Crippen LogP contribution in [-0.2, 0) is 23.9 Å². The highest BCUT2D eigenvalue weighted by molar-refractivity contribution is 5.96. The number of nitrogens with two attached hydrogens (primary N) is 2. The first-order valence-electron chi connectivity index (χ1n) is 28.0. The molecule has 10 rings (SSSR count). The van der Waals surface area contributed by atoms with Gasteiger partial charge in [0.05, 0.1) is 17.9 Å². The number of carboxylic acids is 1. The van der Waals surface area contributed by atoms with Gasteiger partial charge in [0.25, 0.3) is 0 Å². The second-order valence-electron chi connectivity index (χ2n) is 30.2. The monoisotopic (exact) mass is 989 g/mol. The topological polar surface area (TPSA) is 150 Å². The van der Waals surface area contributed by atoms with Crippen LogP contribution in [0.2, 0.25) is 0 Å². The fraction of sp³-hybridized carbons (Fsp3) is 0.869. The summed E-state index contributed by atoms with van der Waals surface area (Å²) in [6.45, 7) is 32.8. The molecule has 394 valence electrons. The Hall–Kier alpha value is -2.03. The van der Waals surface area contributed by atoms with E-state index in [0.29, 0.717) is 29.8 Å². The molecule has 2 unspecified atom stereocenters. The van der Waals surface area contributed by atoms with Crippen LogP contribution in [0.5, 0.6) is 0 Å². The van der Waals surface area contributed by atoms with Crippen molar-refractivity contribution in [3.63, 3.8) is 0 Å². The first-order valence-corrected chi connectivity index (χ1v) is 28.0. The van der Waals surface area contributed by atoms with E-state index in [1.54, 1.807) is 0 Å². The third kappa shape index (κ3) is 6.96. The summed E-state index contributed by atoms with van der Waals surface area (Å²) in [7, 11) is 1.51. The number of aliphatic carboxylic acids is 1. The minimum absolute atomic E-state index is 0. The molecule has 9 heteroatoms. The highest BCUT2D eigenvalue weighted by atomic mass is 35.5. The second-order valence-corrected chi connectivity index (χ2v) is 30.2. The van der Waals surface area contributed by atoms with Crippen LogP contribution in [-0.4, -0.2) is 47.8 Å². The molecule has 0 aromatic rings. The predicted molar refractivity (Wildman–Crippen MR) is 282 cm³/mol. The fourth-order valence-corrected chi connectivity index (χ4v) is 21.1. The van der Waals surface area contributed by atoms with Crippen LogP contribution in [0.4, 0.5) is 0 Å². The summed E-state index contributed by atoms with van der Waals surface area (Å²) in [4.78, 5) is 53.6. The van der Waals surface area contributed by atoms with Crippen molar-refractivity contribution >= 4 is 35.9 Å². The van der Waals surface area contributed by atoms with E-state index in [1.165, 1.54) is 24.7 Å². The molecule has 0 saturated heterocycles. The molecule has 0 aromatic carbocycles. The normalized spacial score (nSPS) is 52.7. The fourth-order valence-electron chi connectivity index (χ4n) is 21.1. The van der Waals surface area contributed by atoms with Gasteiger partial charge in [-0.2, -0.15) is 0 Å². The van der Waals surface area contributed by atoms with E-state index in [1.807, 2.05) is 6.92 Å². The Bertz CT molecular complexity index is 2270. The first kappa shape index (κ1) is 54.2. The number of methoxy groups -OCH3 is 1. The van der Waals surface area contributed by atoms with Crippen LogP contribution in [0.1, 0.15) is 213 Å². The number of esters is 1. The van der Waals surface area contributed by atoms with Crippen molar-refractivity contribution < 1.29 is 29.0 Å². The third-order valence-electron chi connectivity index (χ3n) is 26.6. The molecule has 8 nitrogen and oxygen atoms in total. The van der Waals surface area contributed by atoms with Gasteiger partial charge in [0, 0.05) is 23.9 Å². The Morgan fingerprint density at radius 2 is 0.886 bits per heavy atom. The third-order valence-corrected chi connectivity index (χ3v) is 26.6. The van der Waals surface area contributed by atoms with Crippen molar-refractivity contribution in [3.05, 3.63) is 23.3 Å². The Morgan fingerprint density at radius 1 is 0.529 bits per heavy atom. The zero-order valence-corrected chi connectivity index (χ0v) is 47.4. The average molecular weight is 990 g/mol. The van der Waals surface area contributed by atoms with Crippen LogP contribution >= 0.6 is 12.4 Å². The summed E-state index contributed by atoms with van der Waals surface area (Å²) in [5, 5.41) is 10.1. The maximum atomic E-state index is 14.3. The van der Waals surface area contributed by atoms with E-state index in [4.69, 9.17) is 16.2 Å². The molecule has 0 amide bonds. The lowest BCUT2D eigenvalue weighted by atomic mass is 9.33. The van der Waals surface area contributed by atoms with E-state index < -0.39 is 16.8 Å². The van der Waals surface area contributed by atoms with E-state index in [2.05, 4.69) is 102 Å². The molecular formula is C61H97ClN2O6. The van der Waals surface area contributed by atoms with Crippen molar-refractivity contribution in [2.24, 2.45) is 112 Å². The maximum absolute atomic E-state index is 14.3. The first-order chi connectivity index (χ1) is 31.6. The lowest BCUT2D eigenvalue weighted by Gasteiger charge is -2.70. The van der Waals surface area contributed by atoms with Crippen molar-refractivity contribution in [2.75, 3.05) is 7.11 Å². The van der Waals surface area contributed by atoms with Crippen molar-refractivity contribution in [3.8, 4) is 0 Å². The molecule has 0 spiro atoms. The molecule has 10 aliphatic rings. The van der Waals surface area contributed by atoms with Crippen molar-refractivity contribution in [1.82, 2.24) is 0 Å². The van der Waals surface area contributed by atoms with E-state index in [9.17, 15) is 24.3 Å². The minimum atomic E-state index is -0.697. The summed E-state index contributed by atoms with van der Waals surface area (Å²) >= 11 is 0. The van der Waals surface area contributed by atoms with Gasteiger partial charge in [-0.05, 0) is 219 Å². The number of halogens is 1. The summed E-state index contributed by atoms with van der Waals surface area (Å²) in [5.41, 5.74) is 14.9. The van der Waals surface area contributed by atoms with Crippen molar-refractivity contribution in [2.45, 2.75) is 225 Å². The van der Waals surface area contributed by atoms with Crippen LogP contribution in [0, 0.1) is 100 Å². The number of rotatable bonds is 2. The largest absolute Gasteiger partial charge is 0.481 e. The maximum Gasteiger partial charge on any atom is 0.311 e. The molecule has 0 aliphatic heterocycles. The van der Waals surface area contributed by atoms with Gasteiger partial charge in [0.15, 0.2) is 11.6 Å². The highest BCUT2D eigenvalue weighted by Gasteiger charge is 2.72.